The summed E-state index contributed by atoms with van der Waals surface area (Å²) in [5.74, 6) is 0. The van der Waals surface area contributed by atoms with E-state index >= 15 is 0 Å². The Labute approximate surface area is 270 Å². The largest absolute Gasteiger partial charge is 3.00 e. The first-order valence-corrected chi connectivity index (χ1v) is 14.8. The molecule has 6 aromatic carbocycles. The van der Waals surface area contributed by atoms with Gasteiger partial charge in [0.05, 0.1) is 0 Å². The molecule has 0 fully saturated rings. The van der Waals surface area contributed by atoms with Crippen LogP contribution >= 0.6 is 15.8 Å². The molecule has 0 unspecified atom stereocenters. The van der Waals surface area contributed by atoms with Crippen LogP contribution < -0.4 is 31.8 Å². The van der Waals surface area contributed by atoms with E-state index in [9.17, 15) is 0 Å². The molecule has 0 spiro atoms. The van der Waals surface area contributed by atoms with Crippen molar-refractivity contribution in [3.8, 4) is 0 Å². The van der Waals surface area contributed by atoms with E-state index in [2.05, 4.69) is 170 Å². The summed E-state index contributed by atoms with van der Waals surface area (Å²) in [6.07, 6.45) is 0. The van der Waals surface area contributed by atoms with Gasteiger partial charge in [0, 0.05) is 0 Å². The predicted octanol–water partition coefficient (Wildman–Crippen LogP) is 5.56. The van der Waals surface area contributed by atoms with Gasteiger partial charge in [0.2, 0.25) is 0 Å². The maximum atomic E-state index is 2.23. The van der Waals surface area contributed by atoms with Gasteiger partial charge in [-0.3, -0.25) is 0 Å². The molecule has 40 heavy (non-hydrogen) atoms. The molecule has 6 rings (SSSR count). The zero-order valence-corrected chi connectivity index (χ0v) is 26.3. The van der Waals surface area contributed by atoms with Crippen LogP contribution in [-0.2, 0) is 37.5 Å². The predicted molar refractivity (Wildman–Crippen MR) is 173 cm³/mol. The Kier molecular flexibility index (Phi) is 17.0. The molecule has 190 valence electrons. The summed E-state index contributed by atoms with van der Waals surface area (Å²) in [7, 11) is -0.818. The Morgan fingerprint density at radius 3 is 0.725 bits per heavy atom. The fourth-order valence-corrected chi connectivity index (χ4v) is 8.84. The Balaban J connectivity index is 0.000000364. The van der Waals surface area contributed by atoms with Crippen LogP contribution in [0.2, 0.25) is 0 Å². The van der Waals surface area contributed by atoms with Crippen LogP contribution in [0.1, 0.15) is 0 Å². The van der Waals surface area contributed by atoms with E-state index in [4.69, 9.17) is 0 Å². The van der Waals surface area contributed by atoms with Gasteiger partial charge in [-0.1, -0.05) is 137 Å². The number of hydrogen-bond acceptors (Lipinski definition) is 0. The average molecular weight is 682 g/mol. The minimum Gasteiger partial charge on any atom is -0.213 e. The molecule has 0 aliphatic carbocycles. The van der Waals surface area contributed by atoms with Crippen molar-refractivity contribution in [2.24, 2.45) is 0 Å². The van der Waals surface area contributed by atoms with Crippen LogP contribution in [0.3, 0.4) is 0 Å². The molecule has 0 N–H and O–H groups in total. The maximum Gasteiger partial charge on any atom is 3.00 e. The number of hydrogen-bond donors (Lipinski definition) is 0. The number of rotatable bonds is 6. The molecule has 0 bridgehead atoms. The molecule has 0 saturated carbocycles. The van der Waals surface area contributed by atoms with Gasteiger partial charge in [-0.25, -0.2) is 24.3 Å². The monoisotopic (exact) mass is 682 g/mol. The Bertz CT molecular complexity index is 1220. The topological polar surface area (TPSA) is 0 Å². The molecule has 0 saturated heterocycles. The van der Waals surface area contributed by atoms with Crippen LogP contribution in [0.25, 0.3) is 0 Å². The minimum absolute atomic E-state index is 0. The summed E-state index contributed by atoms with van der Waals surface area (Å²) in [5, 5.41) is 8.47. The molecule has 0 nitrogen and oxygen atoms in total. The molecule has 0 aliphatic rings. The second-order valence-corrected chi connectivity index (χ2v) is 12.7. The van der Waals surface area contributed by atoms with Crippen molar-refractivity contribution in [2.45, 2.75) is 0 Å². The van der Waals surface area contributed by atoms with Crippen molar-refractivity contribution in [3.05, 3.63) is 170 Å². The van der Waals surface area contributed by atoms with Gasteiger partial charge < -0.3 is 0 Å². The molecular weight excluding hydrogens is 654 g/mol. The summed E-state index contributed by atoms with van der Waals surface area (Å²) in [6, 6.07) is 60.5. The van der Waals surface area contributed by atoms with Crippen molar-refractivity contribution in [2.75, 3.05) is 0 Å². The molecule has 0 amide bonds. The molecule has 0 radical (unpaired) electrons. The van der Waals surface area contributed by atoms with E-state index in [1.807, 2.05) is 0 Å². The van der Waals surface area contributed by atoms with E-state index in [1.165, 1.54) is 31.8 Å². The van der Waals surface area contributed by atoms with Crippen LogP contribution in [0.15, 0.2) is 170 Å². The van der Waals surface area contributed by atoms with Crippen molar-refractivity contribution in [1.82, 2.24) is 0 Å². The SMILES string of the molecule is [B+3].[B+3].[Fe+2].[Pd+2].c1ccc(P(c2ccccc2)[c-]2cccc2)cc1.c1ccc(P(c2ccccc2)[c-]2cccc2)cc1. The molecule has 0 atom stereocenters. The van der Waals surface area contributed by atoms with Gasteiger partial charge in [0.15, 0.2) is 0 Å². The third-order valence-electron chi connectivity index (χ3n) is 5.86. The van der Waals surface area contributed by atoms with Crippen LogP contribution in [0, 0.1) is 0 Å². The first-order chi connectivity index (χ1) is 17.9. The third kappa shape index (κ3) is 9.41. The Morgan fingerprint density at radius 1 is 0.325 bits per heavy atom. The van der Waals surface area contributed by atoms with Crippen LogP contribution in [-0.4, -0.2) is 16.8 Å². The van der Waals surface area contributed by atoms with E-state index in [1.54, 1.807) is 0 Å². The molecule has 0 heterocycles. The van der Waals surface area contributed by atoms with Crippen LogP contribution in [0.4, 0.5) is 0 Å². The first kappa shape index (κ1) is 35.8. The molecular formula is C34H28B2FeP2Pd+8. The van der Waals surface area contributed by atoms with Gasteiger partial charge in [-0.2, -0.15) is 24.3 Å². The van der Waals surface area contributed by atoms with Crippen molar-refractivity contribution in [3.63, 3.8) is 0 Å². The van der Waals surface area contributed by atoms with Crippen molar-refractivity contribution in [1.29, 1.82) is 0 Å². The van der Waals surface area contributed by atoms with E-state index in [0.717, 1.165) is 0 Å². The summed E-state index contributed by atoms with van der Waals surface area (Å²) in [5.41, 5.74) is 0. The van der Waals surface area contributed by atoms with Crippen molar-refractivity contribution >= 4 is 64.5 Å². The van der Waals surface area contributed by atoms with Crippen LogP contribution in [0.5, 0.6) is 0 Å². The normalized spacial score (nSPS) is 9.65. The van der Waals surface area contributed by atoms with Gasteiger partial charge in [0.1, 0.15) is 0 Å². The first-order valence-electron chi connectivity index (χ1n) is 12.1. The standard InChI is InChI=1S/2C17H14P.2B.Fe.Pd/c2*1-3-9-15(10-4-1)18(17-13-7-8-14-17)16-11-5-2-6-12-16;;;;/h2*1-14H;;;;/q2*-1;2*+3;2*+2. The fourth-order valence-electron chi connectivity index (χ4n) is 4.23. The second-order valence-electron chi connectivity index (χ2n) is 8.30. The third-order valence-corrected chi connectivity index (χ3v) is 10.8. The van der Waals surface area contributed by atoms with Crippen molar-refractivity contribution < 1.29 is 37.5 Å². The molecule has 0 aliphatic heterocycles. The van der Waals surface area contributed by atoms with E-state index < -0.39 is 15.8 Å². The minimum atomic E-state index is -0.409. The van der Waals surface area contributed by atoms with Gasteiger partial charge in [-0.15, -0.1) is 10.6 Å². The Hall–Kier alpha value is -2.25. The zero-order chi connectivity index (χ0) is 24.4. The van der Waals surface area contributed by atoms with Gasteiger partial charge in [-0.05, 0) is 21.2 Å². The van der Waals surface area contributed by atoms with E-state index in [0.29, 0.717) is 0 Å². The second kappa shape index (κ2) is 19.0. The summed E-state index contributed by atoms with van der Waals surface area (Å²) in [4.78, 5) is 0. The van der Waals surface area contributed by atoms with Gasteiger partial charge in [0.25, 0.3) is 0 Å². The summed E-state index contributed by atoms with van der Waals surface area (Å²) >= 11 is 0. The molecule has 6 aromatic rings. The molecule has 0 aromatic heterocycles. The quantitative estimate of drug-likeness (QED) is 0.123. The molecule has 6 heteroatoms. The number of benzene rings is 4. The smallest absolute Gasteiger partial charge is 0.213 e. The zero-order valence-electron chi connectivity index (χ0n) is 21.9. The summed E-state index contributed by atoms with van der Waals surface area (Å²) < 4.78 is 0. The maximum absolute atomic E-state index is 2.23. The van der Waals surface area contributed by atoms with Gasteiger partial charge >= 0.3 is 54.3 Å². The Morgan fingerprint density at radius 2 is 0.525 bits per heavy atom. The summed E-state index contributed by atoms with van der Waals surface area (Å²) in [6.45, 7) is 0. The average Bonchev–Trinajstić information content (AvgIpc) is 3.68. The van der Waals surface area contributed by atoms with E-state index in [-0.39, 0.29) is 54.3 Å². The fraction of sp³-hybridized carbons (Fsp3) is 0.